The number of nitrogens with two attached hydrogens (primary N) is 1. The molecule has 84 valence electrons. The van der Waals surface area contributed by atoms with Crippen molar-refractivity contribution in [2.45, 2.75) is 15.5 Å². The van der Waals surface area contributed by atoms with E-state index in [2.05, 4.69) is 0 Å². The summed E-state index contributed by atoms with van der Waals surface area (Å²) < 4.78 is 14.5. The van der Waals surface area contributed by atoms with E-state index >= 15 is 0 Å². The van der Waals surface area contributed by atoms with Crippen molar-refractivity contribution in [1.29, 1.82) is 0 Å². The Morgan fingerprint density at radius 2 is 2.19 bits per heavy atom. The van der Waals surface area contributed by atoms with Gasteiger partial charge in [0.2, 0.25) is 0 Å². The van der Waals surface area contributed by atoms with Gasteiger partial charge in [0.15, 0.2) is 0 Å². The van der Waals surface area contributed by atoms with Gasteiger partial charge in [0.1, 0.15) is 5.82 Å². The predicted octanol–water partition coefficient (Wildman–Crippen LogP) is 3.54. The molecule has 2 aromatic rings. The molecule has 1 aromatic heterocycles. The van der Waals surface area contributed by atoms with Gasteiger partial charge in [-0.3, -0.25) is 0 Å². The standard InChI is InChI=1S/C12H12FNS2/c13-10-6-9(3-4-14)7-11(8-10)16-12-2-1-5-15-12/h1-2,5-8H,3-4,14H2. The fourth-order valence-corrected chi connectivity index (χ4v) is 3.29. The van der Waals surface area contributed by atoms with Crippen LogP contribution in [0.4, 0.5) is 4.39 Å². The van der Waals surface area contributed by atoms with Crippen molar-refractivity contribution in [3.63, 3.8) is 0 Å². The summed E-state index contributed by atoms with van der Waals surface area (Å²) in [5, 5.41) is 2.02. The molecule has 0 unspecified atom stereocenters. The Bertz CT molecular complexity index is 454. The number of hydrogen-bond acceptors (Lipinski definition) is 3. The van der Waals surface area contributed by atoms with Crippen LogP contribution in [0.5, 0.6) is 0 Å². The molecule has 1 aromatic carbocycles. The van der Waals surface area contributed by atoms with Crippen LogP contribution >= 0.6 is 23.1 Å². The first-order valence-electron chi connectivity index (χ1n) is 4.99. The molecule has 0 aliphatic rings. The van der Waals surface area contributed by atoms with E-state index in [0.717, 1.165) is 16.9 Å². The summed E-state index contributed by atoms with van der Waals surface area (Å²) >= 11 is 3.24. The Balaban J connectivity index is 2.20. The van der Waals surface area contributed by atoms with Crippen LogP contribution in [0.3, 0.4) is 0 Å². The summed E-state index contributed by atoms with van der Waals surface area (Å²) in [6.07, 6.45) is 0.718. The van der Waals surface area contributed by atoms with Crippen molar-refractivity contribution in [1.82, 2.24) is 0 Å². The second-order valence-electron chi connectivity index (χ2n) is 3.37. The Morgan fingerprint density at radius 1 is 1.31 bits per heavy atom. The monoisotopic (exact) mass is 253 g/mol. The molecular formula is C12H12FNS2. The second kappa shape index (κ2) is 5.48. The SMILES string of the molecule is NCCc1cc(F)cc(Sc2cccs2)c1. The van der Waals surface area contributed by atoms with Crippen molar-refractivity contribution >= 4 is 23.1 Å². The van der Waals surface area contributed by atoms with E-state index in [9.17, 15) is 4.39 Å². The summed E-state index contributed by atoms with van der Waals surface area (Å²) in [5.41, 5.74) is 6.43. The molecule has 0 saturated heterocycles. The predicted molar refractivity (Wildman–Crippen MR) is 67.6 cm³/mol. The van der Waals surface area contributed by atoms with E-state index in [0.29, 0.717) is 6.54 Å². The zero-order valence-electron chi connectivity index (χ0n) is 8.65. The summed E-state index contributed by atoms with van der Waals surface area (Å²) in [6, 6.07) is 9.13. The van der Waals surface area contributed by atoms with E-state index in [1.807, 2.05) is 23.6 Å². The summed E-state index contributed by atoms with van der Waals surface area (Å²) in [4.78, 5) is 0.936. The van der Waals surface area contributed by atoms with Crippen molar-refractivity contribution < 1.29 is 4.39 Å². The Morgan fingerprint density at radius 3 is 2.88 bits per heavy atom. The molecular weight excluding hydrogens is 241 g/mol. The first-order valence-corrected chi connectivity index (χ1v) is 6.68. The van der Waals surface area contributed by atoms with Crippen LogP contribution in [-0.4, -0.2) is 6.54 Å². The number of hydrogen-bond donors (Lipinski definition) is 1. The summed E-state index contributed by atoms with van der Waals surface area (Å²) in [6.45, 7) is 0.548. The quantitative estimate of drug-likeness (QED) is 0.902. The number of benzene rings is 1. The lowest BCUT2D eigenvalue weighted by Crippen LogP contribution is -2.02. The maximum Gasteiger partial charge on any atom is 0.124 e. The highest BCUT2D eigenvalue weighted by Crippen LogP contribution is 2.32. The first-order chi connectivity index (χ1) is 7.78. The smallest absolute Gasteiger partial charge is 0.124 e. The lowest BCUT2D eigenvalue weighted by Gasteiger charge is -2.03. The fraction of sp³-hybridized carbons (Fsp3) is 0.167. The summed E-state index contributed by atoms with van der Waals surface area (Å²) in [7, 11) is 0. The lowest BCUT2D eigenvalue weighted by atomic mass is 10.1. The molecule has 1 heterocycles. The fourth-order valence-electron chi connectivity index (χ4n) is 1.43. The third-order valence-electron chi connectivity index (χ3n) is 2.08. The number of rotatable bonds is 4. The Labute approximate surface area is 102 Å². The van der Waals surface area contributed by atoms with Crippen LogP contribution in [0.25, 0.3) is 0 Å². The van der Waals surface area contributed by atoms with E-state index in [4.69, 9.17) is 5.73 Å². The molecule has 1 nitrogen and oxygen atoms in total. The van der Waals surface area contributed by atoms with Gasteiger partial charge in [-0.05, 0) is 48.2 Å². The molecule has 0 fully saturated rings. The van der Waals surface area contributed by atoms with E-state index < -0.39 is 0 Å². The lowest BCUT2D eigenvalue weighted by molar-refractivity contribution is 0.621. The van der Waals surface area contributed by atoms with Crippen molar-refractivity contribution in [3.8, 4) is 0 Å². The molecule has 16 heavy (non-hydrogen) atoms. The van der Waals surface area contributed by atoms with Crippen LogP contribution in [0.2, 0.25) is 0 Å². The molecule has 2 rings (SSSR count). The second-order valence-corrected chi connectivity index (χ2v) is 5.69. The van der Waals surface area contributed by atoms with Crippen LogP contribution in [-0.2, 0) is 6.42 Å². The van der Waals surface area contributed by atoms with Gasteiger partial charge in [-0.1, -0.05) is 17.8 Å². The molecule has 0 aliphatic carbocycles. The van der Waals surface area contributed by atoms with E-state index in [1.165, 1.54) is 4.21 Å². The first kappa shape index (κ1) is 11.6. The highest BCUT2D eigenvalue weighted by atomic mass is 32.2. The minimum atomic E-state index is -0.190. The van der Waals surface area contributed by atoms with Crippen LogP contribution in [0, 0.1) is 5.82 Å². The molecule has 0 aliphatic heterocycles. The van der Waals surface area contributed by atoms with Gasteiger partial charge in [0, 0.05) is 4.90 Å². The maximum absolute atomic E-state index is 13.3. The molecule has 4 heteroatoms. The van der Waals surface area contributed by atoms with Gasteiger partial charge < -0.3 is 5.73 Å². The van der Waals surface area contributed by atoms with Gasteiger partial charge in [0.25, 0.3) is 0 Å². The van der Waals surface area contributed by atoms with Gasteiger partial charge in [0.05, 0.1) is 4.21 Å². The maximum atomic E-state index is 13.3. The van der Waals surface area contributed by atoms with Crippen molar-refractivity contribution in [3.05, 3.63) is 47.1 Å². The zero-order valence-corrected chi connectivity index (χ0v) is 10.3. The largest absolute Gasteiger partial charge is 0.330 e. The number of thiophene rings is 1. The van der Waals surface area contributed by atoms with Gasteiger partial charge in [-0.15, -0.1) is 11.3 Å². The van der Waals surface area contributed by atoms with Gasteiger partial charge in [-0.25, -0.2) is 4.39 Å². The van der Waals surface area contributed by atoms with Crippen LogP contribution in [0.15, 0.2) is 44.8 Å². The molecule has 2 N–H and O–H groups in total. The van der Waals surface area contributed by atoms with E-state index in [-0.39, 0.29) is 5.82 Å². The van der Waals surface area contributed by atoms with Crippen LogP contribution in [0.1, 0.15) is 5.56 Å². The Hall–Kier alpha value is -0.840. The summed E-state index contributed by atoms with van der Waals surface area (Å²) in [5.74, 6) is -0.190. The molecule has 0 radical (unpaired) electrons. The average molecular weight is 253 g/mol. The van der Waals surface area contributed by atoms with Crippen molar-refractivity contribution in [2.24, 2.45) is 5.73 Å². The topological polar surface area (TPSA) is 26.0 Å². The zero-order chi connectivity index (χ0) is 11.4. The minimum Gasteiger partial charge on any atom is -0.330 e. The third kappa shape index (κ3) is 3.07. The highest BCUT2D eigenvalue weighted by Gasteiger charge is 2.03. The molecule has 0 spiro atoms. The molecule has 0 amide bonds. The van der Waals surface area contributed by atoms with Crippen molar-refractivity contribution in [2.75, 3.05) is 6.54 Å². The third-order valence-corrected chi connectivity index (χ3v) is 4.09. The van der Waals surface area contributed by atoms with E-state index in [1.54, 1.807) is 35.2 Å². The molecule has 0 bridgehead atoms. The average Bonchev–Trinajstić information content (AvgIpc) is 2.70. The molecule has 0 atom stereocenters. The number of halogens is 1. The Kier molecular flexibility index (Phi) is 3.98. The molecule has 0 saturated carbocycles. The highest BCUT2D eigenvalue weighted by molar-refractivity contribution is 8.01. The normalized spacial score (nSPS) is 10.6. The van der Waals surface area contributed by atoms with Crippen LogP contribution < -0.4 is 5.73 Å². The minimum absolute atomic E-state index is 0.190. The van der Waals surface area contributed by atoms with Gasteiger partial charge in [-0.2, -0.15) is 0 Å². The van der Waals surface area contributed by atoms with Gasteiger partial charge >= 0.3 is 0 Å².